The molecule has 184 valence electrons. The number of nitrogens with one attached hydrogen (secondary N) is 1. The summed E-state index contributed by atoms with van der Waals surface area (Å²) in [6, 6.07) is 34.2. The molecule has 1 aliphatic heterocycles. The van der Waals surface area contributed by atoms with Gasteiger partial charge in [0.05, 0.1) is 25.0 Å². The van der Waals surface area contributed by atoms with E-state index >= 15 is 0 Å². The molecule has 0 radical (unpaired) electrons. The van der Waals surface area contributed by atoms with Crippen LogP contribution in [0.4, 0.5) is 5.69 Å². The van der Waals surface area contributed by atoms with Gasteiger partial charge < -0.3 is 19.4 Å². The van der Waals surface area contributed by atoms with Gasteiger partial charge in [-0.1, -0.05) is 72.8 Å². The summed E-state index contributed by atoms with van der Waals surface area (Å²) in [6.07, 6.45) is 3.05. The van der Waals surface area contributed by atoms with E-state index in [1.165, 1.54) is 5.56 Å². The number of rotatable bonds is 8. The lowest BCUT2D eigenvalue weighted by atomic mass is 9.97. The van der Waals surface area contributed by atoms with Gasteiger partial charge in [0.25, 0.3) is 5.91 Å². The van der Waals surface area contributed by atoms with Gasteiger partial charge in [-0.05, 0) is 59.5 Å². The lowest BCUT2D eigenvalue weighted by Crippen LogP contribution is -2.42. The molecule has 1 atom stereocenters. The molecule has 6 rings (SSSR count). The monoisotopic (exact) mass is 488 g/mol. The third-order valence-electron chi connectivity index (χ3n) is 6.84. The molecule has 5 nitrogen and oxygen atoms in total. The van der Waals surface area contributed by atoms with Gasteiger partial charge in [-0.15, -0.1) is 0 Å². The molecule has 1 unspecified atom stereocenters. The minimum atomic E-state index is -0.428. The number of aryl methyl sites for hydroxylation is 1. The SMILES string of the molecule is O=C1c2ccccc2NC(c2c(OCCCc3ccccc3)ccc3ccccc23)N1Cc1ccco1. The van der Waals surface area contributed by atoms with Crippen molar-refractivity contribution in [1.82, 2.24) is 4.90 Å². The number of carbonyl (C=O) groups excluding carboxylic acids is 1. The summed E-state index contributed by atoms with van der Waals surface area (Å²) in [5.74, 6) is 1.46. The number of carbonyl (C=O) groups is 1. The van der Waals surface area contributed by atoms with Crippen LogP contribution in [0, 0.1) is 0 Å². The summed E-state index contributed by atoms with van der Waals surface area (Å²) in [4.78, 5) is 15.6. The van der Waals surface area contributed by atoms with Crippen molar-refractivity contribution in [2.24, 2.45) is 0 Å². The van der Waals surface area contributed by atoms with Crippen LogP contribution in [0.15, 0.2) is 114 Å². The van der Waals surface area contributed by atoms with Crippen LogP contribution in [0.5, 0.6) is 5.75 Å². The average Bonchev–Trinajstić information content (AvgIpc) is 3.46. The van der Waals surface area contributed by atoms with Crippen LogP contribution in [-0.2, 0) is 13.0 Å². The molecule has 1 aromatic heterocycles. The molecule has 2 heterocycles. The van der Waals surface area contributed by atoms with Gasteiger partial charge in [-0.2, -0.15) is 0 Å². The van der Waals surface area contributed by atoms with Crippen LogP contribution in [0.3, 0.4) is 0 Å². The molecule has 4 aromatic carbocycles. The van der Waals surface area contributed by atoms with E-state index in [0.29, 0.717) is 18.7 Å². The van der Waals surface area contributed by atoms with Crippen LogP contribution in [0.1, 0.15) is 39.8 Å². The fourth-order valence-electron chi connectivity index (χ4n) is 5.04. The first-order chi connectivity index (χ1) is 18.3. The first-order valence-corrected chi connectivity index (χ1v) is 12.7. The molecular weight excluding hydrogens is 460 g/mol. The average molecular weight is 489 g/mol. The Labute approximate surface area is 216 Å². The summed E-state index contributed by atoms with van der Waals surface area (Å²) >= 11 is 0. The van der Waals surface area contributed by atoms with E-state index in [1.54, 1.807) is 6.26 Å². The van der Waals surface area contributed by atoms with Crippen LogP contribution >= 0.6 is 0 Å². The standard InChI is InChI=1S/C32H28N2O3/c35-32-27-16-6-7-17-28(27)33-31(34(32)22-25-14-9-20-36-25)30-26-15-5-4-13-24(26)18-19-29(30)37-21-8-12-23-10-2-1-3-11-23/h1-7,9-11,13-20,31,33H,8,12,21-22H2. The Kier molecular flexibility index (Phi) is 6.34. The third-order valence-corrected chi connectivity index (χ3v) is 6.84. The summed E-state index contributed by atoms with van der Waals surface area (Å²) in [7, 11) is 0. The zero-order chi connectivity index (χ0) is 25.0. The number of ether oxygens (including phenoxy) is 1. The zero-order valence-electron chi connectivity index (χ0n) is 20.5. The molecule has 1 aliphatic rings. The molecule has 5 heteroatoms. The van der Waals surface area contributed by atoms with Crippen molar-refractivity contribution in [3.8, 4) is 5.75 Å². The molecule has 0 spiro atoms. The van der Waals surface area contributed by atoms with Crippen molar-refractivity contribution < 1.29 is 13.9 Å². The molecular formula is C32H28N2O3. The van der Waals surface area contributed by atoms with Crippen LogP contribution < -0.4 is 10.1 Å². The lowest BCUT2D eigenvalue weighted by molar-refractivity contribution is 0.0650. The smallest absolute Gasteiger partial charge is 0.258 e. The normalized spacial score (nSPS) is 14.9. The number of hydrogen-bond acceptors (Lipinski definition) is 4. The van der Waals surface area contributed by atoms with Crippen molar-refractivity contribution >= 4 is 22.4 Å². The van der Waals surface area contributed by atoms with Gasteiger partial charge in [0, 0.05) is 11.3 Å². The van der Waals surface area contributed by atoms with Gasteiger partial charge in [-0.25, -0.2) is 0 Å². The Morgan fingerprint density at radius 2 is 1.65 bits per heavy atom. The van der Waals surface area contributed by atoms with Crippen LogP contribution in [-0.4, -0.2) is 17.4 Å². The Morgan fingerprint density at radius 1 is 0.838 bits per heavy atom. The highest BCUT2D eigenvalue weighted by Crippen LogP contribution is 2.41. The lowest BCUT2D eigenvalue weighted by Gasteiger charge is -2.38. The fourth-order valence-corrected chi connectivity index (χ4v) is 5.04. The number of fused-ring (bicyclic) bond motifs is 2. The Balaban J connectivity index is 1.38. The maximum atomic E-state index is 13.8. The topological polar surface area (TPSA) is 54.7 Å². The van der Waals surface area contributed by atoms with E-state index in [9.17, 15) is 4.79 Å². The predicted octanol–water partition coefficient (Wildman–Crippen LogP) is 7.21. The second-order valence-electron chi connectivity index (χ2n) is 9.24. The Bertz CT molecular complexity index is 1510. The molecule has 0 saturated heterocycles. The molecule has 0 bridgehead atoms. The molecule has 1 N–H and O–H groups in total. The number of benzene rings is 4. The highest BCUT2D eigenvalue weighted by atomic mass is 16.5. The van der Waals surface area contributed by atoms with E-state index in [-0.39, 0.29) is 5.91 Å². The number of furan rings is 1. The van der Waals surface area contributed by atoms with Gasteiger partial charge >= 0.3 is 0 Å². The van der Waals surface area contributed by atoms with Crippen molar-refractivity contribution in [1.29, 1.82) is 0 Å². The summed E-state index contributed by atoms with van der Waals surface area (Å²) < 4.78 is 12.1. The number of hydrogen-bond donors (Lipinski definition) is 1. The largest absolute Gasteiger partial charge is 0.493 e. The quantitative estimate of drug-likeness (QED) is 0.235. The van der Waals surface area contributed by atoms with Gasteiger partial charge in [-0.3, -0.25) is 4.79 Å². The van der Waals surface area contributed by atoms with E-state index in [4.69, 9.17) is 9.15 Å². The zero-order valence-corrected chi connectivity index (χ0v) is 20.5. The highest BCUT2D eigenvalue weighted by Gasteiger charge is 2.36. The molecule has 0 fully saturated rings. The predicted molar refractivity (Wildman–Crippen MR) is 146 cm³/mol. The maximum Gasteiger partial charge on any atom is 0.258 e. The molecule has 0 aliphatic carbocycles. The van der Waals surface area contributed by atoms with Crippen molar-refractivity contribution in [3.63, 3.8) is 0 Å². The third kappa shape index (κ3) is 4.68. The minimum absolute atomic E-state index is 0.0429. The summed E-state index contributed by atoms with van der Waals surface area (Å²) in [5.41, 5.74) is 3.71. The fraction of sp³-hybridized carbons (Fsp3) is 0.156. The Hall–Kier alpha value is -4.51. The molecule has 5 aromatic rings. The van der Waals surface area contributed by atoms with Gasteiger partial charge in [0.1, 0.15) is 17.7 Å². The van der Waals surface area contributed by atoms with E-state index < -0.39 is 6.17 Å². The summed E-state index contributed by atoms with van der Waals surface area (Å²) in [5, 5.41) is 5.79. The first-order valence-electron chi connectivity index (χ1n) is 12.7. The Morgan fingerprint density at radius 3 is 2.51 bits per heavy atom. The first kappa shape index (κ1) is 22.9. The second kappa shape index (κ2) is 10.2. The highest BCUT2D eigenvalue weighted by molar-refractivity contribution is 6.02. The van der Waals surface area contributed by atoms with Crippen molar-refractivity contribution in [2.45, 2.75) is 25.6 Å². The van der Waals surface area contributed by atoms with Gasteiger partial charge in [0.2, 0.25) is 0 Å². The van der Waals surface area contributed by atoms with E-state index in [1.807, 2.05) is 65.6 Å². The maximum absolute atomic E-state index is 13.8. The van der Waals surface area contributed by atoms with Gasteiger partial charge in [0.15, 0.2) is 0 Å². The molecule has 37 heavy (non-hydrogen) atoms. The molecule has 1 amide bonds. The second-order valence-corrected chi connectivity index (χ2v) is 9.24. The van der Waals surface area contributed by atoms with E-state index in [0.717, 1.165) is 46.4 Å². The summed E-state index contributed by atoms with van der Waals surface area (Å²) in [6.45, 7) is 0.921. The number of nitrogens with zero attached hydrogens (tertiary/aromatic N) is 1. The molecule has 0 saturated carbocycles. The van der Waals surface area contributed by atoms with Crippen molar-refractivity contribution in [2.75, 3.05) is 11.9 Å². The van der Waals surface area contributed by atoms with Crippen LogP contribution in [0.2, 0.25) is 0 Å². The minimum Gasteiger partial charge on any atom is -0.493 e. The number of amides is 1. The number of anilines is 1. The van der Waals surface area contributed by atoms with Crippen LogP contribution in [0.25, 0.3) is 10.8 Å². The van der Waals surface area contributed by atoms with Crippen molar-refractivity contribution in [3.05, 3.63) is 132 Å². The number of para-hydroxylation sites is 1. The van der Waals surface area contributed by atoms with E-state index in [2.05, 4.69) is 47.8 Å².